The molecule has 0 radical (unpaired) electrons. The first-order chi connectivity index (χ1) is 10.4. The Morgan fingerprint density at radius 1 is 0.826 bits per heavy atom. The number of carbonyl (C=O) groups excluding carboxylic acids is 3. The highest BCUT2D eigenvalue weighted by Gasteiger charge is 2.68. The minimum Gasteiger partial charge on any atom is -0.466 e. The van der Waals surface area contributed by atoms with E-state index in [-0.39, 0.29) is 16.9 Å². The molecule has 0 heterocycles. The van der Waals surface area contributed by atoms with Crippen molar-refractivity contribution in [3.05, 3.63) is 22.3 Å². The van der Waals surface area contributed by atoms with E-state index in [1.54, 1.807) is 6.92 Å². The molecule has 0 aromatic rings. The number of allylic oxidation sites excluding steroid dienone is 2. The normalized spacial score (nSPS) is 32.3. The number of ether oxygens (including phenoxy) is 2. The zero-order chi connectivity index (χ0) is 18.0. The maximum Gasteiger partial charge on any atom is 0.335 e. The average Bonchev–Trinajstić information content (AvgIpc) is 2.52. The van der Waals surface area contributed by atoms with Crippen LogP contribution in [-0.2, 0) is 23.9 Å². The molecule has 23 heavy (non-hydrogen) atoms. The minimum absolute atomic E-state index is 0.0800. The second-order valence-corrected chi connectivity index (χ2v) is 7.19. The molecule has 0 saturated carbocycles. The molecule has 0 aliphatic heterocycles. The Hall–Kier alpha value is -1.91. The van der Waals surface area contributed by atoms with Crippen molar-refractivity contribution in [1.29, 1.82) is 0 Å². The van der Waals surface area contributed by atoms with Crippen molar-refractivity contribution in [2.45, 2.75) is 41.5 Å². The predicted molar refractivity (Wildman–Crippen MR) is 84.4 cm³/mol. The van der Waals surface area contributed by atoms with E-state index in [1.165, 1.54) is 14.2 Å². The Morgan fingerprint density at radius 2 is 1.26 bits per heavy atom. The molecule has 0 spiro atoms. The molecule has 0 aromatic carbocycles. The van der Waals surface area contributed by atoms with Crippen molar-refractivity contribution in [3.8, 4) is 0 Å². The number of rotatable bonds is 2. The first kappa shape index (κ1) is 17.4. The van der Waals surface area contributed by atoms with Crippen molar-refractivity contribution in [2.75, 3.05) is 14.2 Å². The zero-order valence-electron chi connectivity index (χ0n) is 15.0. The smallest absolute Gasteiger partial charge is 0.335 e. The zero-order valence-corrected chi connectivity index (χ0v) is 15.0. The van der Waals surface area contributed by atoms with Gasteiger partial charge in [-0.05, 0) is 20.8 Å². The summed E-state index contributed by atoms with van der Waals surface area (Å²) in [5.74, 6) is -1.33. The van der Waals surface area contributed by atoms with Gasteiger partial charge in [0.25, 0.3) is 0 Å². The van der Waals surface area contributed by atoms with Crippen LogP contribution in [0.2, 0.25) is 0 Å². The van der Waals surface area contributed by atoms with Crippen LogP contribution in [0.15, 0.2) is 22.3 Å². The number of carbonyl (C=O) groups is 3. The Kier molecular flexibility index (Phi) is 3.63. The molecular weight excluding hydrogens is 296 g/mol. The van der Waals surface area contributed by atoms with Gasteiger partial charge >= 0.3 is 11.9 Å². The van der Waals surface area contributed by atoms with E-state index < -0.39 is 28.2 Å². The lowest BCUT2D eigenvalue weighted by molar-refractivity contribution is -0.151. The maximum atomic E-state index is 13.3. The van der Waals surface area contributed by atoms with Crippen molar-refractivity contribution in [3.63, 3.8) is 0 Å². The van der Waals surface area contributed by atoms with Crippen LogP contribution in [0.3, 0.4) is 0 Å². The SMILES string of the molecule is COC(=O)C1=C(C(=O)OC)[C@@]2(C)C(C)=C(C)[C@@]1(C)C(=O)C2(C)C. The summed E-state index contributed by atoms with van der Waals surface area (Å²) < 4.78 is 9.85. The third-order valence-corrected chi connectivity index (χ3v) is 6.36. The highest BCUT2D eigenvalue weighted by atomic mass is 16.5. The van der Waals surface area contributed by atoms with Gasteiger partial charge in [-0.25, -0.2) is 9.59 Å². The molecular formula is C18H24O5. The van der Waals surface area contributed by atoms with Gasteiger partial charge in [0.15, 0.2) is 5.78 Å². The molecule has 126 valence electrons. The van der Waals surface area contributed by atoms with E-state index >= 15 is 0 Å². The topological polar surface area (TPSA) is 69.7 Å². The van der Waals surface area contributed by atoms with Crippen LogP contribution in [0.1, 0.15) is 41.5 Å². The molecule has 5 heteroatoms. The molecule has 0 N–H and O–H groups in total. The number of Topliss-reactive ketones (excluding diaryl/α,β-unsaturated/α-hetero) is 1. The fourth-order valence-corrected chi connectivity index (χ4v) is 4.36. The van der Waals surface area contributed by atoms with E-state index in [0.717, 1.165) is 11.1 Å². The van der Waals surface area contributed by atoms with Gasteiger partial charge < -0.3 is 9.47 Å². The van der Waals surface area contributed by atoms with Crippen molar-refractivity contribution < 1.29 is 23.9 Å². The third-order valence-electron chi connectivity index (χ3n) is 6.36. The van der Waals surface area contributed by atoms with Crippen LogP contribution < -0.4 is 0 Å². The monoisotopic (exact) mass is 320 g/mol. The number of ketones is 1. The Morgan fingerprint density at radius 3 is 1.70 bits per heavy atom. The molecule has 0 amide bonds. The first-order valence-corrected chi connectivity index (χ1v) is 7.59. The van der Waals surface area contributed by atoms with Crippen LogP contribution >= 0.6 is 0 Å². The lowest BCUT2D eigenvalue weighted by Crippen LogP contribution is -2.62. The molecule has 3 aliphatic carbocycles. The van der Waals surface area contributed by atoms with Crippen molar-refractivity contribution in [2.24, 2.45) is 16.2 Å². The molecule has 2 atom stereocenters. The number of methoxy groups -OCH3 is 2. The van der Waals surface area contributed by atoms with Gasteiger partial charge in [0.1, 0.15) is 0 Å². The Bertz CT molecular complexity index is 694. The molecule has 3 aliphatic rings. The van der Waals surface area contributed by atoms with Crippen molar-refractivity contribution >= 4 is 17.7 Å². The van der Waals surface area contributed by atoms with E-state index in [9.17, 15) is 14.4 Å². The first-order valence-electron chi connectivity index (χ1n) is 7.59. The second kappa shape index (κ2) is 4.79. The van der Waals surface area contributed by atoms with Crippen LogP contribution in [0.4, 0.5) is 0 Å². The van der Waals surface area contributed by atoms with E-state index in [4.69, 9.17) is 9.47 Å². The van der Waals surface area contributed by atoms with Gasteiger partial charge in [-0.2, -0.15) is 0 Å². The average molecular weight is 320 g/mol. The summed E-state index contributed by atoms with van der Waals surface area (Å²) in [4.78, 5) is 38.3. The molecule has 0 unspecified atom stereocenters. The number of hydrogen-bond donors (Lipinski definition) is 0. The van der Waals surface area contributed by atoms with Gasteiger partial charge in [-0.3, -0.25) is 4.79 Å². The molecule has 0 fully saturated rings. The summed E-state index contributed by atoms with van der Waals surface area (Å²) in [6, 6.07) is 0. The fourth-order valence-electron chi connectivity index (χ4n) is 4.36. The minimum atomic E-state index is -1.18. The summed E-state index contributed by atoms with van der Waals surface area (Å²) in [5.41, 5.74) is -0.851. The van der Waals surface area contributed by atoms with Gasteiger partial charge in [-0.1, -0.05) is 31.9 Å². The quantitative estimate of drug-likeness (QED) is 0.578. The van der Waals surface area contributed by atoms with E-state index in [0.29, 0.717) is 0 Å². The van der Waals surface area contributed by atoms with Gasteiger partial charge in [0, 0.05) is 10.8 Å². The highest BCUT2D eigenvalue weighted by Crippen LogP contribution is 2.67. The highest BCUT2D eigenvalue weighted by molar-refractivity contribution is 6.15. The Labute approximate surface area is 136 Å². The summed E-state index contributed by atoms with van der Waals surface area (Å²) in [5, 5.41) is 0. The molecule has 5 nitrogen and oxygen atoms in total. The van der Waals surface area contributed by atoms with Gasteiger partial charge in [0.05, 0.1) is 30.8 Å². The van der Waals surface area contributed by atoms with E-state index in [2.05, 4.69) is 0 Å². The third kappa shape index (κ3) is 1.65. The lowest BCUT2D eigenvalue weighted by atomic mass is 9.41. The van der Waals surface area contributed by atoms with Crippen LogP contribution in [0.25, 0.3) is 0 Å². The van der Waals surface area contributed by atoms with Gasteiger partial charge in [-0.15, -0.1) is 0 Å². The number of esters is 2. The number of hydrogen-bond acceptors (Lipinski definition) is 5. The predicted octanol–water partition coefficient (Wildman–Crippen LogP) is 2.60. The summed E-state index contributed by atoms with van der Waals surface area (Å²) in [6.07, 6.45) is 0. The second-order valence-electron chi connectivity index (χ2n) is 7.19. The van der Waals surface area contributed by atoms with Crippen LogP contribution in [0, 0.1) is 16.2 Å². The standard InChI is InChI=1S/C18H24O5/c1-9-10(2)18(6)12(14(20)23-8)11(13(19)22-7)17(9,5)15(21)16(18,3)4/h1-8H3/t17-,18-/m1/s1. The summed E-state index contributed by atoms with van der Waals surface area (Å²) in [7, 11) is 2.53. The van der Waals surface area contributed by atoms with Crippen molar-refractivity contribution in [1.82, 2.24) is 0 Å². The van der Waals surface area contributed by atoms with Crippen LogP contribution in [0.5, 0.6) is 0 Å². The van der Waals surface area contributed by atoms with Crippen LogP contribution in [-0.4, -0.2) is 31.9 Å². The maximum absolute atomic E-state index is 13.3. The number of fused-ring (bicyclic) bond motifs is 1. The fraction of sp³-hybridized carbons (Fsp3) is 0.611. The molecule has 0 saturated heterocycles. The summed E-state index contributed by atoms with van der Waals surface area (Å²) in [6.45, 7) is 10.9. The van der Waals surface area contributed by atoms with E-state index in [1.807, 2.05) is 34.6 Å². The molecule has 2 bridgehead atoms. The largest absolute Gasteiger partial charge is 0.466 e. The molecule has 0 aromatic heterocycles. The lowest BCUT2D eigenvalue weighted by Gasteiger charge is -2.59. The molecule has 3 rings (SSSR count). The summed E-state index contributed by atoms with van der Waals surface area (Å²) >= 11 is 0. The Balaban J connectivity index is 3.05. The van der Waals surface area contributed by atoms with Gasteiger partial charge in [0.2, 0.25) is 0 Å².